The Morgan fingerprint density at radius 1 is 1.31 bits per heavy atom. The summed E-state index contributed by atoms with van der Waals surface area (Å²) in [6.07, 6.45) is 4.17. The van der Waals surface area contributed by atoms with E-state index in [9.17, 15) is 4.79 Å². The van der Waals surface area contributed by atoms with Crippen molar-refractivity contribution in [2.75, 3.05) is 18.6 Å². The van der Waals surface area contributed by atoms with Gasteiger partial charge in [0.05, 0.1) is 7.11 Å². The standard InChI is InChI=1S/C21H23N3O2/c1-26-20-12-18(7-8-19(20)17(13-22)14-23)24-10-9-16(21(24)25)11-15-5-3-2-4-6-15/h2-8,12-14,16,22H,9-11,23H2,1H3/b17-14+,22-13?. The number of carbonyl (C=O) groups excluding carboxylic acids is 1. The van der Waals surface area contributed by atoms with Gasteiger partial charge in [-0.1, -0.05) is 30.3 Å². The maximum absolute atomic E-state index is 12.9. The second-order valence-electron chi connectivity index (χ2n) is 6.32. The van der Waals surface area contributed by atoms with Crippen LogP contribution in [0.4, 0.5) is 5.69 Å². The van der Waals surface area contributed by atoms with Crippen LogP contribution in [0.3, 0.4) is 0 Å². The van der Waals surface area contributed by atoms with Gasteiger partial charge in [0.15, 0.2) is 0 Å². The second-order valence-corrected chi connectivity index (χ2v) is 6.32. The minimum absolute atomic E-state index is 0.00384. The van der Waals surface area contributed by atoms with Crippen LogP contribution < -0.4 is 15.4 Å². The number of methoxy groups -OCH3 is 1. The van der Waals surface area contributed by atoms with Crippen molar-refractivity contribution in [1.29, 1.82) is 5.41 Å². The molecule has 1 aliphatic rings. The van der Waals surface area contributed by atoms with Crippen molar-refractivity contribution in [3.05, 3.63) is 65.9 Å². The Labute approximate surface area is 153 Å². The fraction of sp³-hybridized carbons (Fsp3) is 0.238. The van der Waals surface area contributed by atoms with Crippen molar-refractivity contribution < 1.29 is 9.53 Å². The third-order valence-electron chi connectivity index (χ3n) is 4.78. The molecule has 2 aromatic rings. The molecule has 5 nitrogen and oxygen atoms in total. The highest BCUT2D eigenvalue weighted by molar-refractivity contribution is 6.09. The lowest BCUT2D eigenvalue weighted by Gasteiger charge is -2.19. The fourth-order valence-electron chi connectivity index (χ4n) is 3.39. The first-order valence-corrected chi connectivity index (χ1v) is 8.64. The van der Waals surface area contributed by atoms with E-state index in [2.05, 4.69) is 12.1 Å². The van der Waals surface area contributed by atoms with E-state index >= 15 is 0 Å². The predicted molar refractivity (Wildman–Crippen MR) is 105 cm³/mol. The van der Waals surface area contributed by atoms with Crippen LogP contribution in [0.25, 0.3) is 5.57 Å². The molecule has 5 heteroatoms. The zero-order valence-corrected chi connectivity index (χ0v) is 14.8. The van der Waals surface area contributed by atoms with E-state index in [1.165, 1.54) is 18.0 Å². The molecule has 1 heterocycles. The molecule has 26 heavy (non-hydrogen) atoms. The van der Waals surface area contributed by atoms with E-state index < -0.39 is 0 Å². The molecule has 134 valence electrons. The van der Waals surface area contributed by atoms with Crippen LogP contribution in [-0.2, 0) is 11.2 Å². The number of amides is 1. The van der Waals surface area contributed by atoms with Crippen LogP contribution in [0.15, 0.2) is 54.7 Å². The molecule has 0 saturated carbocycles. The highest BCUT2D eigenvalue weighted by atomic mass is 16.5. The zero-order valence-electron chi connectivity index (χ0n) is 14.8. The maximum Gasteiger partial charge on any atom is 0.230 e. The number of hydrogen-bond acceptors (Lipinski definition) is 4. The molecule has 3 N–H and O–H groups in total. The van der Waals surface area contributed by atoms with Gasteiger partial charge in [-0.05, 0) is 30.5 Å². The van der Waals surface area contributed by atoms with Gasteiger partial charge in [0.25, 0.3) is 0 Å². The van der Waals surface area contributed by atoms with E-state index in [1.54, 1.807) is 7.11 Å². The average Bonchev–Trinajstić information content (AvgIpc) is 3.04. The zero-order chi connectivity index (χ0) is 18.5. The van der Waals surface area contributed by atoms with Crippen LogP contribution in [0.1, 0.15) is 17.5 Å². The highest BCUT2D eigenvalue weighted by Crippen LogP contribution is 2.33. The Morgan fingerprint density at radius 3 is 2.73 bits per heavy atom. The topological polar surface area (TPSA) is 79.4 Å². The summed E-state index contributed by atoms with van der Waals surface area (Å²) in [5.41, 5.74) is 8.89. The van der Waals surface area contributed by atoms with Gasteiger partial charge < -0.3 is 20.8 Å². The minimum Gasteiger partial charge on any atom is -0.496 e. The Kier molecular flexibility index (Phi) is 5.37. The monoisotopic (exact) mass is 349 g/mol. The van der Waals surface area contributed by atoms with Gasteiger partial charge in [-0.2, -0.15) is 0 Å². The van der Waals surface area contributed by atoms with Gasteiger partial charge in [-0.25, -0.2) is 0 Å². The summed E-state index contributed by atoms with van der Waals surface area (Å²) >= 11 is 0. The van der Waals surface area contributed by atoms with E-state index in [-0.39, 0.29) is 11.8 Å². The molecule has 1 saturated heterocycles. The van der Waals surface area contributed by atoms with Crippen molar-refractivity contribution in [2.24, 2.45) is 11.7 Å². The molecule has 1 unspecified atom stereocenters. The van der Waals surface area contributed by atoms with Crippen LogP contribution in [0, 0.1) is 11.3 Å². The number of hydrogen-bond donors (Lipinski definition) is 2. The Balaban J connectivity index is 1.81. The summed E-state index contributed by atoms with van der Waals surface area (Å²) in [5.74, 6) is 0.747. The number of carbonyl (C=O) groups is 1. The van der Waals surface area contributed by atoms with E-state index in [0.29, 0.717) is 17.9 Å². The lowest BCUT2D eigenvalue weighted by atomic mass is 9.98. The largest absolute Gasteiger partial charge is 0.496 e. The number of nitrogens with two attached hydrogens (primary N) is 1. The van der Waals surface area contributed by atoms with Gasteiger partial charge >= 0.3 is 0 Å². The molecule has 1 amide bonds. The molecule has 1 atom stereocenters. The molecule has 0 aliphatic carbocycles. The smallest absolute Gasteiger partial charge is 0.230 e. The van der Waals surface area contributed by atoms with Crippen LogP contribution >= 0.6 is 0 Å². The summed E-state index contributed by atoms with van der Waals surface area (Å²) in [4.78, 5) is 14.7. The van der Waals surface area contributed by atoms with Crippen LogP contribution in [0.2, 0.25) is 0 Å². The molecule has 2 aromatic carbocycles. The fourth-order valence-corrected chi connectivity index (χ4v) is 3.39. The third-order valence-corrected chi connectivity index (χ3v) is 4.78. The van der Waals surface area contributed by atoms with Crippen molar-refractivity contribution in [2.45, 2.75) is 12.8 Å². The lowest BCUT2D eigenvalue weighted by molar-refractivity contribution is -0.120. The highest BCUT2D eigenvalue weighted by Gasteiger charge is 2.32. The molecule has 0 bridgehead atoms. The Morgan fingerprint density at radius 2 is 2.08 bits per heavy atom. The first-order valence-electron chi connectivity index (χ1n) is 8.64. The third kappa shape index (κ3) is 3.47. The molecule has 0 radical (unpaired) electrons. The minimum atomic E-state index is 0.00384. The quantitative estimate of drug-likeness (QED) is 0.786. The number of ether oxygens (including phenoxy) is 1. The van der Waals surface area contributed by atoms with Gasteiger partial charge in [0, 0.05) is 47.8 Å². The molecule has 1 fully saturated rings. The normalized spacial score (nSPS) is 17.4. The average molecular weight is 349 g/mol. The van der Waals surface area contributed by atoms with Crippen molar-refractivity contribution in [1.82, 2.24) is 0 Å². The second kappa shape index (κ2) is 7.87. The number of rotatable bonds is 6. The van der Waals surface area contributed by atoms with E-state index in [4.69, 9.17) is 15.9 Å². The van der Waals surface area contributed by atoms with Crippen molar-refractivity contribution in [3.8, 4) is 5.75 Å². The van der Waals surface area contributed by atoms with Crippen molar-refractivity contribution >= 4 is 23.4 Å². The van der Waals surface area contributed by atoms with Gasteiger partial charge in [0.2, 0.25) is 5.91 Å². The number of benzene rings is 2. The Hall–Kier alpha value is -3.08. The molecular weight excluding hydrogens is 326 g/mol. The summed E-state index contributed by atoms with van der Waals surface area (Å²) in [6, 6.07) is 15.7. The summed E-state index contributed by atoms with van der Waals surface area (Å²) in [6.45, 7) is 0.697. The summed E-state index contributed by atoms with van der Waals surface area (Å²) < 4.78 is 5.45. The number of allylic oxidation sites excluding steroid dienone is 1. The molecule has 3 rings (SSSR count). The number of nitrogens with zero attached hydrogens (tertiary/aromatic N) is 1. The summed E-state index contributed by atoms with van der Waals surface area (Å²) in [7, 11) is 1.57. The van der Waals surface area contributed by atoms with Crippen LogP contribution in [0.5, 0.6) is 5.75 Å². The molecular formula is C21H23N3O2. The molecule has 0 spiro atoms. The van der Waals surface area contributed by atoms with Gasteiger partial charge in [-0.3, -0.25) is 4.79 Å². The summed E-state index contributed by atoms with van der Waals surface area (Å²) in [5, 5.41) is 7.46. The van der Waals surface area contributed by atoms with Gasteiger partial charge in [0.1, 0.15) is 5.75 Å². The SMILES string of the molecule is COc1cc(N2CCC(Cc3ccccc3)C2=O)ccc1/C(C=N)=C/N. The first kappa shape index (κ1) is 17.7. The number of anilines is 1. The van der Waals surface area contributed by atoms with Gasteiger partial charge in [-0.15, -0.1) is 0 Å². The first-order chi connectivity index (χ1) is 12.7. The van der Waals surface area contributed by atoms with E-state index in [0.717, 1.165) is 24.1 Å². The lowest BCUT2D eigenvalue weighted by Crippen LogP contribution is -2.27. The predicted octanol–water partition coefficient (Wildman–Crippen LogP) is 3.24. The van der Waals surface area contributed by atoms with Crippen molar-refractivity contribution in [3.63, 3.8) is 0 Å². The number of nitrogens with one attached hydrogen (secondary N) is 1. The maximum atomic E-state index is 12.9. The van der Waals surface area contributed by atoms with Crippen LogP contribution in [-0.4, -0.2) is 25.8 Å². The molecule has 1 aliphatic heterocycles. The Bertz CT molecular complexity index is 830. The molecule has 0 aromatic heterocycles. The van der Waals surface area contributed by atoms with E-state index in [1.807, 2.05) is 41.3 Å².